The van der Waals surface area contributed by atoms with Crippen LogP contribution in [0.3, 0.4) is 0 Å². The second kappa shape index (κ2) is 6.68. The number of benzene rings is 1. The van der Waals surface area contributed by atoms with E-state index in [1.54, 1.807) is 38.1 Å². The summed E-state index contributed by atoms with van der Waals surface area (Å²) in [7, 11) is 0. The second-order valence-corrected chi connectivity index (χ2v) is 3.42. The van der Waals surface area contributed by atoms with Crippen molar-refractivity contribution in [2.45, 2.75) is 26.7 Å². The fraction of sp³-hybridized carbons (Fsp3) is 0.385. The van der Waals surface area contributed by atoms with E-state index < -0.39 is 0 Å². The highest BCUT2D eigenvalue weighted by Crippen LogP contribution is 2.19. The number of carbonyl (C=O) groups excluding carboxylic acids is 2. The Bertz CT molecular complexity index is 398. The topological polar surface area (TPSA) is 52.6 Å². The molecule has 0 saturated carbocycles. The summed E-state index contributed by atoms with van der Waals surface area (Å²) in [6.07, 6.45) is 0.411. The zero-order chi connectivity index (χ0) is 12.7. The number of para-hydroxylation sites is 1. The normalized spacial score (nSPS) is 9.76. The molecule has 4 heteroatoms. The molecule has 17 heavy (non-hydrogen) atoms. The Hall–Kier alpha value is -1.84. The predicted octanol–water partition coefficient (Wildman–Crippen LogP) is 2.11. The highest BCUT2D eigenvalue weighted by molar-refractivity contribution is 5.76. The number of carbonyl (C=O) groups is 2. The number of ether oxygens (including phenoxy) is 2. The van der Waals surface area contributed by atoms with Crippen LogP contribution >= 0.6 is 0 Å². The molecule has 0 spiro atoms. The molecular weight excluding hydrogens is 220 g/mol. The van der Waals surface area contributed by atoms with Gasteiger partial charge in [-0.05, 0) is 13.0 Å². The molecule has 1 rings (SSSR count). The average molecular weight is 236 g/mol. The molecule has 0 atom stereocenters. The van der Waals surface area contributed by atoms with Gasteiger partial charge in [-0.2, -0.15) is 0 Å². The molecule has 0 heterocycles. The third-order valence-electron chi connectivity index (χ3n) is 2.13. The van der Waals surface area contributed by atoms with Crippen LogP contribution in [-0.2, 0) is 20.7 Å². The SMILES string of the molecule is CCOC(=O)Cc1ccccc1OC(=O)CC. The van der Waals surface area contributed by atoms with Crippen LogP contribution in [0.15, 0.2) is 24.3 Å². The van der Waals surface area contributed by atoms with Crippen molar-refractivity contribution in [2.75, 3.05) is 6.61 Å². The van der Waals surface area contributed by atoms with E-state index in [9.17, 15) is 9.59 Å². The fourth-order valence-electron chi connectivity index (χ4n) is 1.31. The van der Waals surface area contributed by atoms with E-state index >= 15 is 0 Å². The zero-order valence-electron chi connectivity index (χ0n) is 10.1. The van der Waals surface area contributed by atoms with E-state index in [0.29, 0.717) is 24.3 Å². The quantitative estimate of drug-likeness (QED) is 0.580. The van der Waals surface area contributed by atoms with Crippen LogP contribution in [0.5, 0.6) is 5.75 Å². The van der Waals surface area contributed by atoms with Crippen LogP contribution in [0.4, 0.5) is 0 Å². The van der Waals surface area contributed by atoms with Crippen molar-refractivity contribution in [1.82, 2.24) is 0 Å². The van der Waals surface area contributed by atoms with Crippen molar-refractivity contribution in [3.63, 3.8) is 0 Å². The van der Waals surface area contributed by atoms with Crippen molar-refractivity contribution < 1.29 is 19.1 Å². The summed E-state index contributed by atoms with van der Waals surface area (Å²) in [4.78, 5) is 22.6. The first-order valence-electron chi connectivity index (χ1n) is 5.61. The molecule has 4 nitrogen and oxygen atoms in total. The largest absolute Gasteiger partial charge is 0.466 e. The monoisotopic (exact) mass is 236 g/mol. The summed E-state index contributed by atoms with van der Waals surface area (Å²) in [5, 5.41) is 0. The highest BCUT2D eigenvalue weighted by atomic mass is 16.5. The number of hydrogen-bond donors (Lipinski definition) is 0. The summed E-state index contributed by atoms with van der Waals surface area (Å²) in [6.45, 7) is 3.81. The van der Waals surface area contributed by atoms with Crippen molar-refractivity contribution in [3.8, 4) is 5.75 Å². The van der Waals surface area contributed by atoms with E-state index in [0.717, 1.165) is 0 Å². The molecule has 1 aromatic carbocycles. The van der Waals surface area contributed by atoms with E-state index in [-0.39, 0.29) is 18.4 Å². The number of rotatable bonds is 5. The number of hydrogen-bond acceptors (Lipinski definition) is 4. The lowest BCUT2D eigenvalue weighted by atomic mass is 10.1. The summed E-state index contributed by atoms with van der Waals surface area (Å²) in [5.74, 6) is -0.221. The van der Waals surface area contributed by atoms with Crippen LogP contribution in [0.1, 0.15) is 25.8 Å². The molecule has 0 bridgehead atoms. The van der Waals surface area contributed by atoms with Crippen LogP contribution in [0.25, 0.3) is 0 Å². The Morgan fingerprint density at radius 2 is 1.82 bits per heavy atom. The van der Waals surface area contributed by atoms with Crippen LogP contribution in [0, 0.1) is 0 Å². The summed E-state index contributed by atoms with van der Waals surface area (Å²) < 4.78 is 9.98. The third-order valence-corrected chi connectivity index (χ3v) is 2.13. The van der Waals surface area contributed by atoms with Gasteiger partial charge in [-0.3, -0.25) is 9.59 Å². The van der Waals surface area contributed by atoms with Crippen molar-refractivity contribution in [3.05, 3.63) is 29.8 Å². The van der Waals surface area contributed by atoms with Gasteiger partial charge in [-0.25, -0.2) is 0 Å². The molecule has 0 N–H and O–H groups in total. The van der Waals surface area contributed by atoms with Gasteiger partial charge >= 0.3 is 11.9 Å². The smallest absolute Gasteiger partial charge is 0.310 e. The molecule has 0 aliphatic heterocycles. The van der Waals surface area contributed by atoms with Gasteiger partial charge in [-0.15, -0.1) is 0 Å². The summed E-state index contributed by atoms with van der Waals surface area (Å²) >= 11 is 0. The lowest BCUT2D eigenvalue weighted by molar-refractivity contribution is -0.142. The first kappa shape index (κ1) is 13.2. The van der Waals surface area contributed by atoms with Gasteiger partial charge in [0.05, 0.1) is 13.0 Å². The number of esters is 2. The highest BCUT2D eigenvalue weighted by Gasteiger charge is 2.11. The maximum atomic E-state index is 11.4. The van der Waals surface area contributed by atoms with Crippen molar-refractivity contribution >= 4 is 11.9 Å². The Labute approximate surface area is 101 Å². The van der Waals surface area contributed by atoms with Crippen LogP contribution < -0.4 is 4.74 Å². The first-order chi connectivity index (χ1) is 8.17. The van der Waals surface area contributed by atoms with Gasteiger partial charge in [0, 0.05) is 12.0 Å². The molecular formula is C13H16O4. The minimum absolute atomic E-state index is 0.112. The first-order valence-corrected chi connectivity index (χ1v) is 5.61. The van der Waals surface area contributed by atoms with E-state index in [1.165, 1.54) is 0 Å². The van der Waals surface area contributed by atoms with E-state index in [2.05, 4.69) is 0 Å². The minimum atomic E-state index is -0.326. The molecule has 0 radical (unpaired) electrons. The Morgan fingerprint density at radius 1 is 1.12 bits per heavy atom. The van der Waals surface area contributed by atoms with Gasteiger partial charge in [0.15, 0.2) is 0 Å². The molecule has 0 saturated heterocycles. The lowest BCUT2D eigenvalue weighted by Crippen LogP contribution is -2.11. The summed E-state index contributed by atoms with van der Waals surface area (Å²) in [5.41, 5.74) is 0.660. The molecule has 0 aromatic heterocycles. The van der Waals surface area contributed by atoms with E-state index in [4.69, 9.17) is 9.47 Å². The van der Waals surface area contributed by atoms with Crippen molar-refractivity contribution in [2.24, 2.45) is 0 Å². The Kier molecular flexibility index (Phi) is 5.20. The van der Waals surface area contributed by atoms with E-state index in [1.807, 2.05) is 0 Å². The molecule has 92 valence electrons. The maximum absolute atomic E-state index is 11.4. The standard InChI is InChI=1S/C13H16O4/c1-3-12(14)17-11-8-6-5-7-10(11)9-13(15)16-4-2/h5-8H,3-4,9H2,1-2H3. The predicted molar refractivity (Wildman–Crippen MR) is 62.7 cm³/mol. The lowest BCUT2D eigenvalue weighted by Gasteiger charge is -2.08. The minimum Gasteiger partial charge on any atom is -0.466 e. The van der Waals surface area contributed by atoms with Gasteiger partial charge < -0.3 is 9.47 Å². The molecule has 0 fully saturated rings. The molecule has 0 aliphatic rings. The van der Waals surface area contributed by atoms with Crippen LogP contribution in [0.2, 0.25) is 0 Å². The Morgan fingerprint density at radius 3 is 2.47 bits per heavy atom. The fourth-order valence-corrected chi connectivity index (χ4v) is 1.31. The molecule has 0 unspecified atom stereocenters. The average Bonchev–Trinajstić information content (AvgIpc) is 2.31. The molecule has 1 aromatic rings. The summed E-state index contributed by atoms with van der Waals surface area (Å²) in [6, 6.07) is 6.96. The second-order valence-electron chi connectivity index (χ2n) is 3.42. The van der Waals surface area contributed by atoms with Gasteiger partial charge in [0.25, 0.3) is 0 Å². The van der Waals surface area contributed by atoms with Gasteiger partial charge in [0.2, 0.25) is 0 Å². The van der Waals surface area contributed by atoms with Crippen molar-refractivity contribution in [1.29, 1.82) is 0 Å². The molecule has 0 aliphatic carbocycles. The zero-order valence-corrected chi connectivity index (χ0v) is 10.1. The molecule has 0 amide bonds. The Balaban J connectivity index is 2.77. The third kappa shape index (κ3) is 4.26. The van der Waals surface area contributed by atoms with Gasteiger partial charge in [0.1, 0.15) is 5.75 Å². The van der Waals surface area contributed by atoms with Gasteiger partial charge in [-0.1, -0.05) is 25.1 Å². The maximum Gasteiger partial charge on any atom is 0.310 e. The van der Waals surface area contributed by atoms with Crippen LogP contribution in [-0.4, -0.2) is 18.5 Å².